The molecular weight excluding hydrogens is 228 g/mol. The average Bonchev–Trinajstić information content (AvgIpc) is 2.55. The van der Waals surface area contributed by atoms with Gasteiger partial charge in [0.05, 0.1) is 0 Å². The minimum atomic E-state index is -0.730. The number of nitrogens with zero attached hydrogens (tertiary/aromatic N) is 1. The number of carboxylic acid groups (broad SMARTS) is 1. The molecule has 2 unspecified atom stereocenters. The Bertz CT molecular complexity index is 246. The predicted octanol–water partition coefficient (Wildman–Crippen LogP) is 1.95. The van der Waals surface area contributed by atoms with Crippen molar-refractivity contribution in [2.45, 2.75) is 52.0 Å². The number of hydrogen-bond acceptors (Lipinski definition) is 3. The third-order valence-corrected chi connectivity index (χ3v) is 3.83. The van der Waals surface area contributed by atoms with Crippen molar-refractivity contribution in [3.05, 3.63) is 0 Å². The maximum absolute atomic E-state index is 11.1. The van der Waals surface area contributed by atoms with E-state index in [1.165, 1.54) is 32.1 Å². The molecule has 0 aromatic carbocycles. The van der Waals surface area contributed by atoms with Gasteiger partial charge >= 0.3 is 5.97 Å². The van der Waals surface area contributed by atoms with Crippen LogP contribution in [0, 0.1) is 5.92 Å². The van der Waals surface area contributed by atoms with Gasteiger partial charge in [-0.2, -0.15) is 0 Å². The molecule has 0 radical (unpaired) electrons. The molecule has 2 atom stereocenters. The molecule has 0 amide bonds. The van der Waals surface area contributed by atoms with Gasteiger partial charge in [0.1, 0.15) is 6.04 Å². The van der Waals surface area contributed by atoms with Gasteiger partial charge < -0.3 is 15.3 Å². The van der Waals surface area contributed by atoms with Crippen LogP contribution in [0.3, 0.4) is 0 Å². The summed E-state index contributed by atoms with van der Waals surface area (Å²) in [6, 6.07) is -0.419. The van der Waals surface area contributed by atoms with Crippen LogP contribution in [-0.2, 0) is 4.79 Å². The highest BCUT2D eigenvalue weighted by Crippen LogP contribution is 2.21. The largest absolute Gasteiger partial charge is 0.480 e. The molecule has 1 heterocycles. The van der Waals surface area contributed by atoms with Crippen LogP contribution in [0.4, 0.5) is 0 Å². The van der Waals surface area contributed by atoms with E-state index < -0.39 is 12.0 Å². The van der Waals surface area contributed by atoms with Gasteiger partial charge in [0, 0.05) is 6.54 Å². The lowest BCUT2D eigenvalue weighted by molar-refractivity contribution is -0.140. The molecule has 0 aromatic heterocycles. The molecular formula is C14H28N2O2. The molecule has 1 aliphatic heterocycles. The maximum atomic E-state index is 11.1. The number of nitrogens with one attached hydrogen (secondary N) is 1. The summed E-state index contributed by atoms with van der Waals surface area (Å²) >= 11 is 0. The summed E-state index contributed by atoms with van der Waals surface area (Å²) in [5.41, 5.74) is 0. The molecule has 4 heteroatoms. The third kappa shape index (κ3) is 5.36. The van der Waals surface area contributed by atoms with Crippen molar-refractivity contribution >= 4 is 5.97 Å². The molecule has 1 rings (SSSR count). The summed E-state index contributed by atoms with van der Waals surface area (Å²) in [5.74, 6) is 0.119. The summed E-state index contributed by atoms with van der Waals surface area (Å²) in [7, 11) is 0. The SMILES string of the molecule is CCCC1CCCN(CC(NCC)C(=O)O)CC1. The first-order valence-electron chi connectivity index (χ1n) is 7.35. The number of likely N-dealkylation sites (N-methyl/N-ethyl adjacent to an activating group) is 1. The van der Waals surface area contributed by atoms with E-state index in [9.17, 15) is 4.79 Å². The molecule has 0 aliphatic carbocycles. The Morgan fingerprint density at radius 3 is 2.78 bits per heavy atom. The van der Waals surface area contributed by atoms with Gasteiger partial charge in [0.15, 0.2) is 0 Å². The number of rotatable bonds is 7. The van der Waals surface area contributed by atoms with Gasteiger partial charge in [-0.15, -0.1) is 0 Å². The first kappa shape index (κ1) is 15.4. The van der Waals surface area contributed by atoms with Gasteiger partial charge in [0.25, 0.3) is 0 Å². The number of carboxylic acids is 1. The Balaban J connectivity index is 2.39. The van der Waals surface area contributed by atoms with E-state index in [0.29, 0.717) is 13.1 Å². The smallest absolute Gasteiger partial charge is 0.322 e. The Kier molecular flexibility index (Phi) is 7.28. The van der Waals surface area contributed by atoms with Crippen LogP contribution in [0.1, 0.15) is 46.0 Å². The van der Waals surface area contributed by atoms with Crippen molar-refractivity contribution in [2.75, 3.05) is 26.2 Å². The van der Waals surface area contributed by atoms with Gasteiger partial charge in [-0.05, 0) is 44.8 Å². The Morgan fingerprint density at radius 2 is 2.17 bits per heavy atom. The number of carbonyl (C=O) groups is 1. The molecule has 2 N–H and O–H groups in total. The minimum Gasteiger partial charge on any atom is -0.480 e. The van der Waals surface area contributed by atoms with Crippen molar-refractivity contribution in [2.24, 2.45) is 5.92 Å². The summed E-state index contributed by atoms with van der Waals surface area (Å²) in [6.45, 7) is 7.66. The topological polar surface area (TPSA) is 52.6 Å². The van der Waals surface area contributed by atoms with Crippen molar-refractivity contribution in [3.8, 4) is 0 Å². The molecule has 0 bridgehead atoms. The van der Waals surface area contributed by atoms with Crippen LogP contribution in [0.5, 0.6) is 0 Å². The van der Waals surface area contributed by atoms with Gasteiger partial charge in [0.2, 0.25) is 0 Å². The second kappa shape index (κ2) is 8.48. The average molecular weight is 256 g/mol. The molecule has 106 valence electrons. The Morgan fingerprint density at radius 1 is 1.39 bits per heavy atom. The van der Waals surface area contributed by atoms with E-state index in [2.05, 4.69) is 17.1 Å². The van der Waals surface area contributed by atoms with E-state index in [-0.39, 0.29) is 0 Å². The van der Waals surface area contributed by atoms with E-state index in [1.807, 2.05) is 6.92 Å². The zero-order valence-electron chi connectivity index (χ0n) is 11.8. The van der Waals surface area contributed by atoms with Crippen LogP contribution in [0.15, 0.2) is 0 Å². The van der Waals surface area contributed by atoms with E-state index in [0.717, 1.165) is 19.0 Å². The number of aliphatic carboxylic acids is 1. The Labute approximate surface area is 111 Å². The maximum Gasteiger partial charge on any atom is 0.322 e. The number of likely N-dealkylation sites (tertiary alicyclic amines) is 1. The highest BCUT2D eigenvalue weighted by Gasteiger charge is 2.22. The molecule has 1 aliphatic rings. The van der Waals surface area contributed by atoms with Crippen LogP contribution < -0.4 is 5.32 Å². The highest BCUT2D eigenvalue weighted by molar-refractivity contribution is 5.73. The lowest BCUT2D eigenvalue weighted by Gasteiger charge is -2.24. The van der Waals surface area contributed by atoms with Crippen molar-refractivity contribution in [3.63, 3.8) is 0 Å². The van der Waals surface area contributed by atoms with E-state index >= 15 is 0 Å². The van der Waals surface area contributed by atoms with Crippen LogP contribution in [0.2, 0.25) is 0 Å². The standard InChI is InChI=1S/C14H28N2O2/c1-3-6-12-7-5-9-16(10-8-12)11-13(14(17)18)15-4-2/h12-13,15H,3-11H2,1-2H3,(H,17,18). The first-order valence-corrected chi connectivity index (χ1v) is 7.35. The van der Waals surface area contributed by atoms with Crippen LogP contribution in [0.25, 0.3) is 0 Å². The predicted molar refractivity (Wildman–Crippen MR) is 73.8 cm³/mol. The zero-order valence-corrected chi connectivity index (χ0v) is 11.8. The van der Waals surface area contributed by atoms with Crippen molar-refractivity contribution in [1.82, 2.24) is 10.2 Å². The van der Waals surface area contributed by atoms with Crippen LogP contribution in [-0.4, -0.2) is 48.2 Å². The lowest BCUT2D eigenvalue weighted by Crippen LogP contribution is -2.46. The summed E-state index contributed by atoms with van der Waals surface area (Å²) in [6.07, 6.45) is 6.34. The highest BCUT2D eigenvalue weighted by atomic mass is 16.4. The molecule has 0 saturated carbocycles. The van der Waals surface area contributed by atoms with Crippen molar-refractivity contribution < 1.29 is 9.90 Å². The zero-order chi connectivity index (χ0) is 13.4. The summed E-state index contributed by atoms with van der Waals surface area (Å²) in [4.78, 5) is 13.4. The monoisotopic (exact) mass is 256 g/mol. The Hall–Kier alpha value is -0.610. The fourth-order valence-electron chi connectivity index (χ4n) is 2.84. The third-order valence-electron chi connectivity index (χ3n) is 3.83. The molecule has 1 fully saturated rings. The normalized spacial score (nSPS) is 23.6. The fourth-order valence-corrected chi connectivity index (χ4v) is 2.84. The fraction of sp³-hybridized carbons (Fsp3) is 0.929. The quantitative estimate of drug-likeness (QED) is 0.731. The lowest BCUT2D eigenvalue weighted by atomic mass is 9.96. The molecule has 1 saturated heterocycles. The molecule has 0 spiro atoms. The van der Waals surface area contributed by atoms with Crippen molar-refractivity contribution in [1.29, 1.82) is 0 Å². The molecule has 18 heavy (non-hydrogen) atoms. The van der Waals surface area contributed by atoms with Crippen LogP contribution >= 0.6 is 0 Å². The first-order chi connectivity index (χ1) is 8.67. The van der Waals surface area contributed by atoms with Gasteiger partial charge in [-0.3, -0.25) is 4.79 Å². The number of hydrogen-bond donors (Lipinski definition) is 2. The van der Waals surface area contributed by atoms with E-state index in [1.54, 1.807) is 0 Å². The van der Waals surface area contributed by atoms with Gasteiger partial charge in [-0.25, -0.2) is 0 Å². The second-order valence-electron chi connectivity index (χ2n) is 5.33. The molecule has 4 nitrogen and oxygen atoms in total. The minimum absolute atomic E-state index is 0.419. The summed E-state index contributed by atoms with van der Waals surface area (Å²) < 4.78 is 0. The summed E-state index contributed by atoms with van der Waals surface area (Å²) in [5, 5.41) is 12.2. The van der Waals surface area contributed by atoms with E-state index in [4.69, 9.17) is 5.11 Å². The van der Waals surface area contributed by atoms with Gasteiger partial charge in [-0.1, -0.05) is 26.7 Å². The molecule has 0 aromatic rings. The second-order valence-corrected chi connectivity index (χ2v) is 5.33.